The van der Waals surface area contributed by atoms with E-state index in [1.54, 1.807) is 32.2 Å². The number of hydrogen-bond donors (Lipinski definition) is 3. The Morgan fingerprint density at radius 1 is 1.11 bits per heavy atom. The molecule has 140 valence electrons. The van der Waals surface area contributed by atoms with E-state index in [9.17, 15) is 9.59 Å². The summed E-state index contributed by atoms with van der Waals surface area (Å²) in [5, 5.41) is 8.35. The first-order valence-corrected chi connectivity index (χ1v) is 9.66. The summed E-state index contributed by atoms with van der Waals surface area (Å²) in [5.74, 6) is 0.265. The van der Waals surface area contributed by atoms with E-state index in [0.29, 0.717) is 28.3 Å². The molecule has 0 aliphatic carbocycles. The minimum atomic E-state index is -0.651. The Morgan fingerprint density at radius 2 is 1.78 bits per heavy atom. The number of methoxy groups -OCH3 is 1. The molecule has 1 aliphatic heterocycles. The van der Waals surface area contributed by atoms with Gasteiger partial charge in [-0.15, -0.1) is 0 Å². The largest absolute Gasteiger partial charge is 0.496 e. The number of carbonyl (C=O) groups excluding carboxylic acids is 2. The van der Waals surface area contributed by atoms with Gasteiger partial charge in [-0.05, 0) is 49.4 Å². The Labute approximate surface area is 173 Å². The molecule has 0 bridgehead atoms. The van der Waals surface area contributed by atoms with Crippen LogP contribution in [0, 0.1) is 0 Å². The zero-order valence-corrected chi connectivity index (χ0v) is 17.8. The van der Waals surface area contributed by atoms with Crippen molar-refractivity contribution in [2.24, 2.45) is 0 Å². The van der Waals surface area contributed by atoms with Crippen molar-refractivity contribution in [3.63, 3.8) is 0 Å². The second-order valence-corrected chi connectivity index (χ2v) is 7.75. The molecule has 3 rings (SSSR count). The number of anilines is 1. The molecule has 2 aromatic rings. The monoisotopic (exact) mass is 493 g/mol. The standard InChI is InChI=1S/C19H17Br2N3O3/c1-10-16(18(25)23-13-6-3-11(20)4-7-13)17(24-19(26)22-10)14-9-12(21)5-8-15(14)27-2/h3-9,17H,1-2H3,(H,23,25)(H2,22,24,26)/t17-/m0/s1. The van der Waals surface area contributed by atoms with Crippen molar-refractivity contribution in [2.75, 3.05) is 12.4 Å². The molecule has 0 radical (unpaired) electrons. The van der Waals surface area contributed by atoms with Crippen molar-refractivity contribution in [1.82, 2.24) is 10.6 Å². The van der Waals surface area contributed by atoms with Crippen LogP contribution < -0.4 is 20.7 Å². The van der Waals surface area contributed by atoms with Crippen LogP contribution in [0.25, 0.3) is 0 Å². The highest BCUT2D eigenvalue weighted by Gasteiger charge is 2.33. The van der Waals surface area contributed by atoms with Gasteiger partial charge in [-0.25, -0.2) is 4.79 Å². The van der Waals surface area contributed by atoms with Crippen LogP contribution in [0.5, 0.6) is 5.75 Å². The lowest BCUT2D eigenvalue weighted by Gasteiger charge is -2.29. The number of halogens is 2. The molecule has 3 N–H and O–H groups in total. The third-order valence-corrected chi connectivity index (χ3v) is 5.14. The maximum atomic E-state index is 13.0. The molecule has 1 aliphatic rings. The van der Waals surface area contributed by atoms with Gasteiger partial charge >= 0.3 is 6.03 Å². The predicted molar refractivity (Wildman–Crippen MR) is 111 cm³/mol. The first-order valence-electron chi connectivity index (χ1n) is 8.07. The van der Waals surface area contributed by atoms with Crippen molar-refractivity contribution in [1.29, 1.82) is 0 Å². The van der Waals surface area contributed by atoms with E-state index < -0.39 is 6.04 Å². The second-order valence-electron chi connectivity index (χ2n) is 5.92. The summed E-state index contributed by atoms with van der Waals surface area (Å²) in [7, 11) is 1.55. The van der Waals surface area contributed by atoms with Gasteiger partial charge in [0.15, 0.2) is 0 Å². The first kappa shape index (κ1) is 19.4. The van der Waals surface area contributed by atoms with Gasteiger partial charge in [0.25, 0.3) is 5.91 Å². The van der Waals surface area contributed by atoms with Gasteiger partial charge < -0.3 is 20.7 Å². The van der Waals surface area contributed by atoms with Gasteiger partial charge in [-0.3, -0.25) is 4.79 Å². The third-order valence-electron chi connectivity index (χ3n) is 4.12. The van der Waals surface area contributed by atoms with E-state index in [2.05, 4.69) is 47.8 Å². The SMILES string of the molecule is COc1ccc(Br)cc1[C@@H]1NC(=O)NC(C)=C1C(=O)Nc1ccc(Br)cc1. The fraction of sp³-hybridized carbons (Fsp3) is 0.158. The molecular weight excluding hydrogens is 478 g/mol. The fourth-order valence-electron chi connectivity index (χ4n) is 2.89. The Kier molecular flexibility index (Phi) is 5.86. The van der Waals surface area contributed by atoms with Crippen LogP contribution in [0.2, 0.25) is 0 Å². The van der Waals surface area contributed by atoms with E-state index in [-0.39, 0.29) is 11.9 Å². The zero-order valence-electron chi connectivity index (χ0n) is 14.6. The molecule has 27 heavy (non-hydrogen) atoms. The van der Waals surface area contributed by atoms with Crippen LogP contribution in [0.3, 0.4) is 0 Å². The van der Waals surface area contributed by atoms with E-state index in [4.69, 9.17) is 4.74 Å². The van der Waals surface area contributed by atoms with Gasteiger partial charge in [0.2, 0.25) is 0 Å². The highest BCUT2D eigenvalue weighted by molar-refractivity contribution is 9.10. The van der Waals surface area contributed by atoms with Crippen LogP contribution in [-0.4, -0.2) is 19.0 Å². The lowest BCUT2D eigenvalue weighted by atomic mass is 9.94. The van der Waals surface area contributed by atoms with Crippen LogP contribution in [0.1, 0.15) is 18.5 Å². The minimum Gasteiger partial charge on any atom is -0.496 e. The molecule has 8 heteroatoms. The third kappa shape index (κ3) is 4.33. The Hall–Kier alpha value is -2.32. The molecular formula is C19H17Br2N3O3. The number of nitrogens with one attached hydrogen (secondary N) is 3. The van der Waals surface area contributed by atoms with Gasteiger partial charge in [0.1, 0.15) is 5.75 Å². The van der Waals surface area contributed by atoms with Crippen LogP contribution in [0.15, 0.2) is 62.7 Å². The number of benzene rings is 2. The highest BCUT2D eigenvalue weighted by Crippen LogP contribution is 2.35. The van der Waals surface area contributed by atoms with Crippen molar-refractivity contribution in [2.45, 2.75) is 13.0 Å². The summed E-state index contributed by atoms with van der Waals surface area (Å²) in [6.45, 7) is 1.70. The van der Waals surface area contributed by atoms with Crippen molar-refractivity contribution >= 4 is 49.5 Å². The summed E-state index contributed by atoms with van der Waals surface area (Å²) >= 11 is 6.80. The number of amides is 3. The van der Waals surface area contributed by atoms with Crippen LogP contribution in [0.4, 0.5) is 10.5 Å². The zero-order chi connectivity index (χ0) is 19.6. The molecule has 0 spiro atoms. The maximum Gasteiger partial charge on any atom is 0.319 e. The first-order chi connectivity index (χ1) is 12.9. The Balaban J connectivity index is 2.00. The number of allylic oxidation sites excluding steroid dienone is 1. The lowest BCUT2D eigenvalue weighted by molar-refractivity contribution is -0.113. The molecule has 1 heterocycles. The van der Waals surface area contributed by atoms with E-state index in [1.807, 2.05) is 24.3 Å². The lowest BCUT2D eigenvalue weighted by Crippen LogP contribution is -2.46. The number of ether oxygens (including phenoxy) is 1. The molecule has 1 atom stereocenters. The number of carbonyl (C=O) groups is 2. The van der Waals surface area contributed by atoms with Gasteiger partial charge in [-0.1, -0.05) is 31.9 Å². The number of hydrogen-bond acceptors (Lipinski definition) is 3. The summed E-state index contributed by atoms with van der Waals surface area (Å²) < 4.78 is 7.16. The smallest absolute Gasteiger partial charge is 0.319 e. The average molecular weight is 495 g/mol. The van der Waals surface area contributed by atoms with E-state index in [1.165, 1.54) is 0 Å². The minimum absolute atomic E-state index is 0.311. The van der Waals surface area contributed by atoms with Crippen molar-refractivity contribution < 1.29 is 14.3 Å². The van der Waals surface area contributed by atoms with Crippen molar-refractivity contribution in [3.8, 4) is 5.75 Å². The van der Waals surface area contributed by atoms with Crippen LogP contribution >= 0.6 is 31.9 Å². The van der Waals surface area contributed by atoms with Gasteiger partial charge in [0, 0.05) is 25.9 Å². The highest BCUT2D eigenvalue weighted by atomic mass is 79.9. The molecule has 0 unspecified atom stereocenters. The average Bonchev–Trinajstić information content (AvgIpc) is 2.62. The number of urea groups is 1. The molecule has 2 aromatic carbocycles. The number of rotatable bonds is 4. The van der Waals surface area contributed by atoms with E-state index in [0.717, 1.165) is 8.95 Å². The predicted octanol–water partition coefficient (Wildman–Crippen LogP) is 4.49. The quantitative estimate of drug-likeness (QED) is 0.586. The van der Waals surface area contributed by atoms with E-state index >= 15 is 0 Å². The Morgan fingerprint density at radius 3 is 2.44 bits per heavy atom. The molecule has 0 saturated carbocycles. The summed E-state index contributed by atoms with van der Waals surface area (Å²) in [6, 6.07) is 11.7. The topological polar surface area (TPSA) is 79.5 Å². The summed E-state index contributed by atoms with van der Waals surface area (Å²) in [4.78, 5) is 25.1. The van der Waals surface area contributed by atoms with Crippen molar-refractivity contribution in [3.05, 3.63) is 68.2 Å². The maximum absolute atomic E-state index is 13.0. The normalized spacial score (nSPS) is 16.4. The fourth-order valence-corrected chi connectivity index (χ4v) is 3.53. The second kappa shape index (κ2) is 8.14. The van der Waals surface area contributed by atoms with Gasteiger partial charge in [0.05, 0.1) is 18.7 Å². The molecule has 0 saturated heterocycles. The summed E-state index contributed by atoms with van der Waals surface area (Å²) in [5.41, 5.74) is 2.23. The molecule has 0 aromatic heterocycles. The van der Waals surface area contributed by atoms with Gasteiger partial charge in [-0.2, -0.15) is 0 Å². The Bertz CT molecular complexity index is 926. The summed E-state index contributed by atoms with van der Waals surface area (Å²) in [6.07, 6.45) is 0. The molecule has 6 nitrogen and oxygen atoms in total. The molecule has 3 amide bonds. The van der Waals surface area contributed by atoms with Crippen LogP contribution in [-0.2, 0) is 4.79 Å². The molecule has 0 fully saturated rings.